The number of nitrogens with one attached hydrogen (secondary N) is 1. The SMILES string of the molecule is CN(C)C=Nc1nc2c(ncn2C2CC(OCc3ccccc3[N+](=O)[O-])C(CO)O2)c(=O)[nH]1. The van der Waals surface area contributed by atoms with E-state index in [1.54, 1.807) is 41.8 Å². The van der Waals surface area contributed by atoms with Gasteiger partial charge in [-0.25, -0.2) is 9.98 Å². The van der Waals surface area contributed by atoms with E-state index in [-0.39, 0.29) is 36.0 Å². The van der Waals surface area contributed by atoms with E-state index in [4.69, 9.17) is 9.47 Å². The predicted octanol–water partition coefficient (Wildman–Crippen LogP) is 1.11. The molecule has 0 bridgehead atoms. The summed E-state index contributed by atoms with van der Waals surface area (Å²) in [4.78, 5) is 40.1. The van der Waals surface area contributed by atoms with E-state index < -0.39 is 28.9 Å². The maximum atomic E-state index is 12.4. The minimum atomic E-state index is -0.663. The number of ether oxygens (including phenoxy) is 2. The number of nitro groups is 1. The maximum absolute atomic E-state index is 12.4. The Bertz CT molecular complexity index is 1240. The second-order valence-corrected chi connectivity index (χ2v) is 7.70. The average molecular weight is 457 g/mol. The van der Waals surface area contributed by atoms with Crippen molar-refractivity contribution in [2.24, 2.45) is 4.99 Å². The fraction of sp³-hybridized carbons (Fsp3) is 0.400. The molecule has 174 valence electrons. The Kier molecular flexibility index (Phi) is 6.44. The van der Waals surface area contributed by atoms with Crippen molar-refractivity contribution in [2.75, 3.05) is 20.7 Å². The lowest BCUT2D eigenvalue weighted by Gasteiger charge is -2.16. The van der Waals surface area contributed by atoms with Crippen LogP contribution in [0.5, 0.6) is 0 Å². The van der Waals surface area contributed by atoms with Gasteiger partial charge >= 0.3 is 0 Å². The third kappa shape index (κ3) is 4.74. The molecule has 2 N–H and O–H groups in total. The molecule has 13 heteroatoms. The number of benzene rings is 1. The van der Waals surface area contributed by atoms with Crippen LogP contribution in [0.25, 0.3) is 11.2 Å². The number of fused-ring (bicyclic) bond motifs is 1. The first-order valence-corrected chi connectivity index (χ1v) is 10.1. The summed E-state index contributed by atoms with van der Waals surface area (Å²) in [5.74, 6) is 0.115. The molecule has 1 aliphatic rings. The number of H-pyrrole nitrogens is 1. The van der Waals surface area contributed by atoms with Crippen molar-refractivity contribution in [1.82, 2.24) is 24.4 Å². The predicted molar refractivity (Wildman–Crippen MR) is 117 cm³/mol. The highest BCUT2D eigenvalue weighted by Crippen LogP contribution is 2.33. The second kappa shape index (κ2) is 9.44. The molecule has 0 aliphatic carbocycles. The molecule has 13 nitrogen and oxygen atoms in total. The topological polar surface area (TPSA) is 161 Å². The van der Waals surface area contributed by atoms with E-state index in [9.17, 15) is 20.0 Å². The zero-order chi connectivity index (χ0) is 23.5. The molecular formula is C20H23N7O6. The van der Waals surface area contributed by atoms with Crippen LogP contribution < -0.4 is 5.56 Å². The zero-order valence-corrected chi connectivity index (χ0v) is 18.0. The quantitative estimate of drug-likeness (QED) is 0.218. The lowest BCUT2D eigenvalue weighted by atomic mass is 10.1. The lowest BCUT2D eigenvalue weighted by Crippen LogP contribution is -2.27. The normalized spacial score (nSPS) is 20.6. The number of aliphatic hydroxyl groups is 1. The number of hydrogen-bond donors (Lipinski definition) is 2. The van der Waals surface area contributed by atoms with Crippen LogP contribution in [0.4, 0.5) is 11.6 Å². The van der Waals surface area contributed by atoms with E-state index in [0.29, 0.717) is 12.0 Å². The second-order valence-electron chi connectivity index (χ2n) is 7.70. The fourth-order valence-corrected chi connectivity index (χ4v) is 3.57. The van der Waals surface area contributed by atoms with E-state index in [2.05, 4.69) is 19.9 Å². The van der Waals surface area contributed by atoms with Gasteiger partial charge in [-0.05, 0) is 6.07 Å². The number of aliphatic hydroxyl groups excluding tert-OH is 1. The summed E-state index contributed by atoms with van der Waals surface area (Å²) in [5.41, 5.74) is 0.360. The molecule has 2 aromatic heterocycles. The Labute approximate surface area is 187 Å². The average Bonchev–Trinajstić information content (AvgIpc) is 3.40. The van der Waals surface area contributed by atoms with Crippen LogP contribution in [0.15, 0.2) is 40.4 Å². The van der Waals surface area contributed by atoms with E-state index >= 15 is 0 Å². The third-order valence-electron chi connectivity index (χ3n) is 5.14. The first kappa shape index (κ1) is 22.5. The highest BCUT2D eigenvalue weighted by Gasteiger charge is 2.38. The molecule has 1 aromatic carbocycles. The van der Waals surface area contributed by atoms with Gasteiger partial charge in [0, 0.05) is 26.6 Å². The summed E-state index contributed by atoms with van der Waals surface area (Å²) in [5, 5.41) is 21.0. The summed E-state index contributed by atoms with van der Waals surface area (Å²) in [6.45, 7) is -0.322. The molecule has 3 aromatic rings. The van der Waals surface area contributed by atoms with Gasteiger partial charge < -0.3 is 19.5 Å². The van der Waals surface area contributed by atoms with Gasteiger partial charge in [-0.1, -0.05) is 12.1 Å². The third-order valence-corrected chi connectivity index (χ3v) is 5.14. The first-order chi connectivity index (χ1) is 15.9. The molecular weight excluding hydrogens is 434 g/mol. The van der Waals surface area contributed by atoms with Gasteiger partial charge in [0.15, 0.2) is 11.2 Å². The number of nitro benzene ring substituents is 1. The summed E-state index contributed by atoms with van der Waals surface area (Å²) >= 11 is 0. The van der Waals surface area contributed by atoms with Crippen molar-refractivity contribution in [1.29, 1.82) is 0 Å². The molecule has 1 fully saturated rings. The largest absolute Gasteiger partial charge is 0.394 e. The number of nitrogens with zero attached hydrogens (tertiary/aromatic N) is 6. The molecule has 1 aliphatic heterocycles. The minimum absolute atomic E-state index is 0.0135. The van der Waals surface area contributed by atoms with Crippen molar-refractivity contribution < 1.29 is 19.5 Å². The minimum Gasteiger partial charge on any atom is -0.394 e. The van der Waals surface area contributed by atoms with E-state index in [1.807, 2.05) is 0 Å². The van der Waals surface area contributed by atoms with Gasteiger partial charge in [-0.2, -0.15) is 4.98 Å². The lowest BCUT2D eigenvalue weighted by molar-refractivity contribution is -0.386. The van der Waals surface area contributed by atoms with Gasteiger partial charge in [-0.15, -0.1) is 0 Å². The van der Waals surface area contributed by atoms with Crippen molar-refractivity contribution in [3.05, 3.63) is 56.6 Å². The van der Waals surface area contributed by atoms with Gasteiger partial charge in [0.2, 0.25) is 5.95 Å². The summed E-state index contributed by atoms with van der Waals surface area (Å²) < 4.78 is 13.4. The number of para-hydroxylation sites is 1. The Morgan fingerprint density at radius 3 is 2.97 bits per heavy atom. The standard InChI is InChI=1S/C20H23N7O6/c1-25(2)10-22-20-23-18-17(19(29)24-20)21-11-26(18)16-7-14(15(8-28)33-16)32-9-12-5-3-4-6-13(12)27(30)31/h3-6,10-11,14-16,28H,7-9H2,1-2H3,(H,23,24,29). The van der Waals surface area contributed by atoms with Gasteiger partial charge in [0.1, 0.15) is 12.3 Å². The molecule has 0 radical (unpaired) electrons. The molecule has 3 unspecified atom stereocenters. The number of aromatic amines is 1. The van der Waals surface area contributed by atoms with Crippen LogP contribution in [0.2, 0.25) is 0 Å². The number of rotatable bonds is 8. The number of aliphatic imine (C=N–C) groups is 1. The summed E-state index contributed by atoms with van der Waals surface area (Å²) in [6.07, 6.45) is 1.46. The number of aromatic nitrogens is 4. The first-order valence-electron chi connectivity index (χ1n) is 10.1. The van der Waals surface area contributed by atoms with Crippen molar-refractivity contribution in [3.8, 4) is 0 Å². The van der Waals surface area contributed by atoms with Crippen molar-refractivity contribution >= 4 is 29.1 Å². The van der Waals surface area contributed by atoms with E-state index in [0.717, 1.165) is 0 Å². The van der Waals surface area contributed by atoms with Gasteiger partial charge in [0.05, 0.1) is 42.5 Å². The van der Waals surface area contributed by atoms with Gasteiger partial charge in [0.25, 0.3) is 11.2 Å². The van der Waals surface area contributed by atoms with Crippen LogP contribution in [0, 0.1) is 10.1 Å². The smallest absolute Gasteiger partial charge is 0.280 e. The molecule has 4 rings (SSSR count). The highest BCUT2D eigenvalue weighted by atomic mass is 16.6. The molecule has 0 spiro atoms. The molecule has 33 heavy (non-hydrogen) atoms. The van der Waals surface area contributed by atoms with Crippen LogP contribution in [-0.4, -0.2) is 73.7 Å². The summed E-state index contributed by atoms with van der Waals surface area (Å²) in [6, 6.07) is 6.31. The Hall–Kier alpha value is -3.68. The molecule has 3 atom stereocenters. The van der Waals surface area contributed by atoms with Crippen LogP contribution in [0.3, 0.4) is 0 Å². The highest BCUT2D eigenvalue weighted by molar-refractivity contribution is 5.71. The number of hydrogen-bond acceptors (Lipinski definition) is 9. The molecule has 1 saturated heterocycles. The van der Waals surface area contributed by atoms with Crippen molar-refractivity contribution in [3.63, 3.8) is 0 Å². The van der Waals surface area contributed by atoms with E-state index in [1.165, 1.54) is 18.7 Å². The van der Waals surface area contributed by atoms with Crippen LogP contribution >= 0.6 is 0 Å². The molecule has 0 saturated carbocycles. The number of imidazole rings is 1. The van der Waals surface area contributed by atoms with Crippen molar-refractivity contribution in [2.45, 2.75) is 31.5 Å². The summed E-state index contributed by atoms with van der Waals surface area (Å²) in [7, 11) is 3.58. The Balaban J connectivity index is 1.56. The maximum Gasteiger partial charge on any atom is 0.280 e. The Morgan fingerprint density at radius 1 is 1.45 bits per heavy atom. The molecule has 3 heterocycles. The monoisotopic (exact) mass is 457 g/mol. The van der Waals surface area contributed by atoms with Gasteiger partial charge in [-0.3, -0.25) is 24.5 Å². The van der Waals surface area contributed by atoms with Crippen LogP contribution in [-0.2, 0) is 16.1 Å². The zero-order valence-electron chi connectivity index (χ0n) is 18.0. The Morgan fingerprint density at radius 2 is 2.24 bits per heavy atom. The fourth-order valence-electron chi connectivity index (χ4n) is 3.57. The molecule has 0 amide bonds. The van der Waals surface area contributed by atoms with Crippen LogP contribution in [0.1, 0.15) is 18.2 Å².